The monoisotopic (exact) mass is 381 g/mol. The lowest BCUT2D eigenvalue weighted by Crippen LogP contribution is -2.28. The lowest BCUT2D eigenvalue weighted by atomic mass is 10.1. The maximum Gasteiger partial charge on any atom is 0.258 e. The molecule has 2 aromatic carbocycles. The van der Waals surface area contributed by atoms with E-state index in [1.807, 2.05) is 50.2 Å². The van der Waals surface area contributed by atoms with Gasteiger partial charge in [-0.05, 0) is 52.5 Å². The molecule has 0 fully saturated rings. The Morgan fingerprint density at radius 2 is 1.95 bits per heavy atom. The topological polar surface area (TPSA) is 38.3 Å². The van der Waals surface area contributed by atoms with Crippen molar-refractivity contribution in [2.45, 2.75) is 20.4 Å². The molecule has 0 bridgehead atoms. The van der Waals surface area contributed by atoms with Crippen LogP contribution in [0, 0.1) is 13.8 Å². The van der Waals surface area contributed by atoms with Gasteiger partial charge in [0.1, 0.15) is 5.75 Å². The fraction of sp³-hybridized carbons (Fsp3) is 0.235. The number of nitrogens with one attached hydrogen (secondary N) is 1. The van der Waals surface area contributed by atoms with Crippen molar-refractivity contribution >= 4 is 33.4 Å². The van der Waals surface area contributed by atoms with Crippen LogP contribution in [0.3, 0.4) is 0 Å². The van der Waals surface area contributed by atoms with Gasteiger partial charge in [-0.3, -0.25) is 4.79 Å². The molecule has 1 N–H and O–H groups in total. The summed E-state index contributed by atoms with van der Waals surface area (Å²) in [6, 6.07) is 11.6. The predicted molar refractivity (Wildman–Crippen MR) is 92.4 cm³/mol. The highest BCUT2D eigenvalue weighted by Gasteiger charge is 2.12. The third-order valence-electron chi connectivity index (χ3n) is 3.26. The van der Waals surface area contributed by atoms with Crippen LogP contribution in [0.15, 0.2) is 40.9 Å². The normalized spacial score (nSPS) is 10.4. The molecule has 0 saturated heterocycles. The van der Waals surface area contributed by atoms with E-state index in [0.29, 0.717) is 17.3 Å². The van der Waals surface area contributed by atoms with Crippen LogP contribution < -0.4 is 10.1 Å². The average Bonchev–Trinajstić information content (AvgIpc) is 2.54. The van der Waals surface area contributed by atoms with Crippen molar-refractivity contribution in [2.24, 2.45) is 0 Å². The summed E-state index contributed by atoms with van der Waals surface area (Å²) in [7, 11) is 0. The van der Waals surface area contributed by atoms with Gasteiger partial charge < -0.3 is 10.1 Å². The minimum absolute atomic E-state index is 0.0358. The lowest BCUT2D eigenvalue weighted by Gasteiger charge is -2.13. The molecule has 116 valence electrons. The Morgan fingerprint density at radius 3 is 2.64 bits per heavy atom. The first kappa shape index (κ1) is 16.8. The highest BCUT2D eigenvalue weighted by Crippen LogP contribution is 2.35. The summed E-state index contributed by atoms with van der Waals surface area (Å²) in [6.45, 7) is 4.26. The van der Waals surface area contributed by atoms with E-state index in [1.165, 1.54) is 0 Å². The molecule has 0 radical (unpaired) electrons. The van der Waals surface area contributed by atoms with Gasteiger partial charge in [0.05, 0.1) is 4.47 Å². The summed E-state index contributed by atoms with van der Waals surface area (Å²) in [5, 5.41) is 3.53. The van der Waals surface area contributed by atoms with E-state index < -0.39 is 0 Å². The smallest absolute Gasteiger partial charge is 0.258 e. The van der Waals surface area contributed by atoms with Gasteiger partial charge in [-0.15, -0.1) is 0 Å². The number of aryl methyl sites for hydroxylation is 1. The highest BCUT2D eigenvalue weighted by atomic mass is 79.9. The Morgan fingerprint density at radius 1 is 1.27 bits per heavy atom. The van der Waals surface area contributed by atoms with Gasteiger partial charge in [-0.2, -0.15) is 0 Å². The van der Waals surface area contributed by atoms with E-state index in [0.717, 1.165) is 21.2 Å². The van der Waals surface area contributed by atoms with Gasteiger partial charge in [0.15, 0.2) is 6.61 Å². The SMILES string of the molecule is Cc1cc(OCC(=O)NCc2ccccc2)c(Br)c(C)c1Cl. The fourth-order valence-electron chi connectivity index (χ4n) is 2.00. The van der Waals surface area contributed by atoms with Crippen molar-refractivity contribution in [3.63, 3.8) is 0 Å². The molecule has 0 aliphatic rings. The number of hydrogen-bond acceptors (Lipinski definition) is 2. The van der Waals surface area contributed by atoms with Crippen molar-refractivity contribution in [2.75, 3.05) is 6.61 Å². The van der Waals surface area contributed by atoms with Gasteiger partial charge in [0.2, 0.25) is 0 Å². The molecule has 0 aromatic heterocycles. The zero-order chi connectivity index (χ0) is 16.1. The molecule has 1 amide bonds. The number of hydrogen-bond donors (Lipinski definition) is 1. The number of ether oxygens (including phenoxy) is 1. The molecule has 2 rings (SSSR count). The molecule has 0 aliphatic carbocycles. The molecule has 0 heterocycles. The Balaban J connectivity index is 1.92. The Bertz CT molecular complexity index is 674. The molecule has 0 atom stereocenters. The molecular formula is C17H17BrClNO2. The van der Waals surface area contributed by atoms with Crippen molar-refractivity contribution in [1.29, 1.82) is 0 Å². The molecule has 2 aromatic rings. The quantitative estimate of drug-likeness (QED) is 0.831. The third kappa shape index (κ3) is 4.24. The Hall–Kier alpha value is -1.52. The first-order chi connectivity index (χ1) is 10.5. The van der Waals surface area contributed by atoms with Gasteiger partial charge in [-0.1, -0.05) is 41.9 Å². The minimum Gasteiger partial charge on any atom is -0.483 e. The second-order valence-electron chi connectivity index (χ2n) is 5.00. The number of halogens is 2. The van der Waals surface area contributed by atoms with Crippen LogP contribution in [0.1, 0.15) is 16.7 Å². The first-order valence-electron chi connectivity index (χ1n) is 6.87. The number of carbonyl (C=O) groups is 1. The Kier molecular flexibility index (Phi) is 5.86. The summed E-state index contributed by atoms with van der Waals surface area (Å²) < 4.78 is 6.36. The van der Waals surface area contributed by atoms with Crippen molar-refractivity contribution < 1.29 is 9.53 Å². The predicted octanol–water partition coefficient (Wildman–Crippen LogP) is 4.41. The molecule has 22 heavy (non-hydrogen) atoms. The summed E-state index contributed by atoms with van der Waals surface area (Å²) in [5.74, 6) is 0.454. The van der Waals surface area contributed by atoms with Crippen LogP contribution in [-0.4, -0.2) is 12.5 Å². The zero-order valence-corrected chi connectivity index (χ0v) is 14.8. The minimum atomic E-state index is -0.166. The van der Waals surface area contributed by atoms with Crippen LogP contribution in [0.25, 0.3) is 0 Å². The number of benzene rings is 2. The van der Waals surface area contributed by atoms with Crippen molar-refractivity contribution in [3.8, 4) is 5.75 Å². The number of amides is 1. The maximum atomic E-state index is 11.9. The second-order valence-corrected chi connectivity index (χ2v) is 6.17. The van der Waals surface area contributed by atoms with Crippen LogP contribution in [0.5, 0.6) is 5.75 Å². The molecule has 0 aliphatic heterocycles. The molecule has 5 heteroatoms. The summed E-state index contributed by atoms with van der Waals surface area (Å²) in [6.07, 6.45) is 0. The largest absolute Gasteiger partial charge is 0.483 e. The van der Waals surface area contributed by atoms with E-state index >= 15 is 0 Å². The van der Waals surface area contributed by atoms with Gasteiger partial charge in [0, 0.05) is 11.6 Å². The Labute approximate surface area is 143 Å². The van der Waals surface area contributed by atoms with Gasteiger partial charge in [-0.25, -0.2) is 0 Å². The standard InChI is InChI=1S/C17H17BrClNO2/c1-11-8-14(16(18)12(2)17(11)19)22-10-15(21)20-9-13-6-4-3-5-7-13/h3-8H,9-10H2,1-2H3,(H,20,21). The molecule has 3 nitrogen and oxygen atoms in total. The molecular weight excluding hydrogens is 366 g/mol. The summed E-state index contributed by atoms with van der Waals surface area (Å²) >= 11 is 9.62. The van der Waals surface area contributed by atoms with E-state index in [2.05, 4.69) is 21.2 Å². The summed E-state index contributed by atoms with van der Waals surface area (Å²) in [5.41, 5.74) is 2.87. The van der Waals surface area contributed by atoms with Crippen molar-refractivity contribution in [1.82, 2.24) is 5.32 Å². The van der Waals surface area contributed by atoms with Crippen LogP contribution in [0.2, 0.25) is 5.02 Å². The first-order valence-corrected chi connectivity index (χ1v) is 8.04. The van der Waals surface area contributed by atoms with Crippen LogP contribution in [0.4, 0.5) is 0 Å². The fourth-order valence-corrected chi connectivity index (χ4v) is 2.69. The second kappa shape index (κ2) is 7.65. The van der Waals surface area contributed by atoms with Crippen molar-refractivity contribution in [3.05, 3.63) is 62.6 Å². The molecule has 0 spiro atoms. The van der Waals surface area contributed by atoms with Gasteiger partial charge >= 0.3 is 0 Å². The number of rotatable bonds is 5. The third-order valence-corrected chi connectivity index (χ3v) is 4.83. The van der Waals surface area contributed by atoms with E-state index in [4.69, 9.17) is 16.3 Å². The van der Waals surface area contributed by atoms with Crippen LogP contribution >= 0.6 is 27.5 Å². The van der Waals surface area contributed by atoms with E-state index in [-0.39, 0.29) is 12.5 Å². The van der Waals surface area contributed by atoms with Gasteiger partial charge in [0.25, 0.3) is 5.91 Å². The maximum absolute atomic E-state index is 11.9. The molecule has 0 saturated carbocycles. The lowest BCUT2D eigenvalue weighted by molar-refractivity contribution is -0.123. The van der Waals surface area contributed by atoms with E-state index in [9.17, 15) is 4.79 Å². The molecule has 0 unspecified atom stereocenters. The zero-order valence-electron chi connectivity index (χ0n) is 12.5. The number of carbonyl (C=O) groups excluding carboxylic acids is 1. The van der Waals surface area contributed by atoms with E-state index in [1.54, 1.807) is 0 Å². The highest BCUT2D eigenvalue weighted by molar-refractivity contribution is 9.10. The summed E-state index contributed by atoms with van der Waals surface area (Å²) in [4.78, 5) is 11.9. The average molecular weight is 383 g/mol. The van der Waals surface area contributed by atoms with Crippen LogP contribution in [-0.2, 0) is 11.3 Å².